The fourth-order valence-corrected chi connectivity index (χ4v) is 3.69. The Bertz CT molecular complexity index is 630. The summed E-state index contributed by atoms with van der Waals surface area (Å²) >= 11 is 0. The second-order valence-electron chi connectivity index (χ2n) is 6.55. The van der Waals surface area contributed by atoms with Gasteiger partial charge in [0.25, 0.3) is 0 Å². The minimum absolute atomic E-state index is 0. The van der Waals surface area contributed by atoms with Crippen LogP contribution in [0.5, 0.6) is 0 Å². The SMILES string of the molecule is Cl.Fc1ccc(Cn2cc(CN3C[C@H]4CNC[C@H]4C3)cn2)cc1. The highest BCUT2D eigenvalue weighted by atomic mass is 35.5. The summed E-state index contributed by atoms with van der Waals surface area (Å²) in [4.78, 5) is 2.54. The van der Waals surface area contributed by atoms with Crippen molar-refractivity contribution in [3.8, 4) is 0 Å². The van der Waals surface area contributed by atoms with Gasteiger partial charge in [0.15, 0.2) is 0 Å². The van der Waals surface area contributed by atoms with Crippen LogP contribution in [0.25, 0.3) is 0 Å². The van der Waals surface area contributed by atoms with Gasteiger partial charge in [-0.2, -0.15) is 5.10 Å². The molecule has 2 atom stereocenters. The first kappa shape index (κ1) is 16.4. The van der Waals surface area contributed by atoms with E-state index in [1.165, 1.54) is 43.9 Å². The molecule has 1 aromatic heterocycles. The lowest BCUT2D eigenvalue weighted by atomic mass is 10.0. The van der Waals surface area contributed by atoms with E-state index in [0.29, 0.717) is 6.54 Å². The Morgan fingerprint density at radius 2 is 1.74 bits per heavy atom. The zero-order valence-corrected chi connectivity index (χ0v) is 13.8. The Labute approximate surface area is 142 Å². The van der Waals surface area contributed by atoms with Gasteiger partial charge in [0, 0.05) is 31.4 Å². The van der Waals surface area contributed by atoms with Crippen molar-refractivity contribution in [1.82, 2.24) is 20.0 Å². The molecule has 0 amide bonds. The van der Waals surface area contributed by atoms with Crippen molar-refractivity contribution < 1.29 is 4.39 Å². The van der Waals surface area contributed by atoms with Crippen LogP contribution >= 0.6 is 12.4 Å². The molecular formula is C17H22ClFN4. The summed E-state index contributed by atoms with van der Waals surface area (Å²) in [5.74, 6) is 1.46. The van der Waals surface area contributed by atoms with Crippen molar-refractivity contribution in [3.05, 3.63) is 53.6 Å². The molecule has 23 heavy (non-hydrogen) atoms. The maximum absolute atomic E-state index is 12.9. The third kappa shape index (κ3) is 3.74. The molecule has 4 rings (SSSR count). The molecule has 0 bridgehead atoms. The summed E-state index contributed by atoms with van der Waals surface area (Å²) in [5, 5.41) is 7.91. The molecule has 6 heteroatoms. The van der Waals surface area contributed by atoms with Crippen LogP contribution in [-0.4, -0.2) is 40.9 Å². The maximum atomic E-state index is 12.9. The monoisotopic (exact) mass is 336 g/mol. The number of aromatic nitrogens is 2. The predicted octanol–water partition coefficient (Wildman–Crippen LogP) is 2.14. The Morgan fingerprint density at radius 1 is 1.04 bits per heavy atom. The Balaban J connectivity index is 0.00000156. The average molecular weight is 337 g/mol. The molecule has 1 N–H and O–H groups in total. The quantitative estimate of drug-likeness (QED) is 0.928. The molecule has 0 saturated carbocycles. The van der Waals surface area contributed by atoms with Gasteiger partial charge in [0.05, 0.1) is 12.7 Å². The molecule has 0 spiro atoms. The first-order valence-corrected chi connectivity index (χ1v) is 7.95. The number of hydrogen-bond donors (Lipinski definition) is 1. The van der Waals surface area contributed by atoms with E-state index >= 15 is 0 Å². The molecule has 2 aliphatic heterocycles. The van der Waals surface area contributed by atoms with Crippen molar-refractivity contribution in [2.24, 2.45) is 11.8 Å². The van der Waals surface area contributed by atoms with E-state index in [2.05, 4.69) is 21.5 Å². The summed E-state index contributed by atoms with van der Waals surface area (Å²) in [6.45, 7) is 6.41. The number of likely N-dealkylation sites (tertiary alicyclic amines) is 1. The Hall–Kier alpha value is -1.43. The van der Waals surface area contributed by atoms with Crippen LogP contribution in [0.15, 0.2) is 36.7 Å². The number of rotatable bonds is 4. The smallest absolute Gasteiger partial charge is 0.123 e. The molecule has 0 unspecified atom stereocenters. The van der Waals surface area contributed by atoms with Crippen LogP contribution in [-0.2, 0) is 13.1 Å². The number of nitrogens with zero attached hydrogens (tertiary/aromatic N) is 3. The van der Waals surface area contributed by atoms with Crippen LogP contribution in [0, 0.1) is 17.7 Å². The van der Waals surface area contributed by atoms with Gasteiger partial charge in [0.2, 0.25) is 0 Å². The first-order chi connectivity index (χ1) is 10.8. The van der Waals surface area contributed by atoms with Crippen LogP contribution in [0.4, 0.5) is 4.39 Å². The fraction of sp³-hybridized carbons (Fsp3) is 0.471. The lowest BCUT2D eigenvalue weighted by Gasteiger charge is -2.15. The van der Waals surface area contributed by atoms with E-state index in [-0.39, 0.29) is 18.2 Å². The zero-order valence-electron chi connectivity index (χ0n) is 13.0. The minimum atomic E-state index is -0.195. The number of halogens is 2. The molecule has 3 heterocycles. The van der Waals surface area contributed by atoms with E-state index in [0.717, 1.165) is 23.9 Å². The van der Waals surface area contributed by atoms with E-state index < -0.39 is 0 Å². The Morgan fingerprint density at radius 3 is 2.43 bits per heavy atom. The highest BCUT2D eigenvalue weighted by molar-refractivity contribution is 5.85. The van der Waals surface area contributed by atoms with Crippen molar-refractivity contribution >= 4 is 12.4 Å². The standard InChI is InChI=1S/C17H21FN4.ClH/c18-17-3-1-13(2-4-17)9-22-10-14(5-20-22)8-21-11-15-6-19-7-16(15)12-21;/h1-5,10,15-16,19H,6-9,11-12H2;1H/t15-,16+;. The molecule has 2 saturated heterocycles. The lowest BCUT2D eigenvalue weighted by molar-refractivity contribution is 0.305. The van der Waals surface area contributed by atoms with E-state index in [1.807, 2.05) is 23.0 Å². The van der Waals surface area contributed by atoms with Gasteiger partial charge in [0.1, 0.15) is 5.82 Å². The lowest BCUT2D eigenvalue weighted by Crippen LogP contribution is -2.25. The zero-order chi connectivity index (χ0) is 14.9. The second kappa shape index (κ2) is 6.99. The van der Waals surface area contributed by atoms with Crippen LogP contribution in [0.2, 0.25) is 0 Å². The number of hydrogen-bond acceptors (Lipinski definition) is 3. The van der Waals surface area contributed by atoms with Crippen molar-refractivity contribution in [1.29, 1.82) is 0 Å². The van der Waals surface area contributed by atoms with E-state index in [4.69, 9.17) is 0 Å². The molecule has 2 aliphatic rings. The summed E-state index contributed by atoms with van der Waals surface area (Å²) < 4.78 is 14.9. The molecule has 124 valence electrons. The topological polar surface area (TPSA) is 33.1 Å². The van der Waals surface area contributed by atoms with Gasteiger partial charge in [-0.15, -0.1) is 12.4 Å². The van der Waals surface area contributed by atoms with Gasteiger partial charge in [-0.1, -0.05) is 12.1 Å². The van der Waals surface area contributed by atoms with Gasteiger partial charge < -0.3 is 5.32 Å². The number of benzene rings is 1. The molecule has 4 nitrogen and oxygen atoms in total. The van der Waals surface area contributed by atoms with E-state index in [9.17, 15) is 4.39 Å². The summed E-state index contributed by atoms with van der Waals surface area (Å²) in [7, 11) is 0. The van der Waals surface area contributed by atoms with Crippen molar-refractivity contribution in [2.75, 3.05) is 26.2 Å². The Kier molecular flexibility index (Phi) is 4.99. The van der Waals surface area contributed by atoms with Crippen LogP contribution in [0.3, 0.4) is 0 Å². The van der Waals surface area contributed by atoms with Gasteiger partial charge >= 0.3 is 0 Å². The molecule has 0 radical (unpaired) electrons. The largest absolute Gasteiger partial charge is 0.316 e. The first-order valence-electron chi connectivity index (χ1n) is 7.95. The predicted molar refractivity (Wildman–Crippen MR) is 90.1 cm³/mol. The average Bonchev–Trinajstić information content (AvgIpc) is 3.18. The third-order valence-electron chi connectivity index (χ3n) is 4.82. The van der Waals surface area contributed by atoms with Crippen molar-refractivity contribution in [3.63, 3.8) is 0 Å². The molecule has 1 aromatic carbocycles. The molecule has 2 aromatic rings. The van der Waals surface area contributed by atoms with E-state index in [1.54, 1.807) is 0 Å². The molecule has 0 aliphatic carbocycles. The van der Waals surface area contributed by atoms with Gasteiger partial charge in [-0.3, -0.25) is 9.58 Å². The molecular weight excluding hydrogens is 315 g/mol. The number of nitrogens with one attached hydrogen (secondary N) is 1. The number of fused-ring (bicyclic) bond motifs is 1. The van der Waals surface area contributed by atoms with Crippen LogP contribution in [0.1, 0.15) is 11.1 Å². The highest BCUT2D eigenvalue weighted by Crippen LogP contribution is 2.27. The fourth-order valence-electron chi connectivity index (χ4n) is 3.69. The van der Waals surface area contributed by atoms with Gasteiger partial charge in [-0.25, -0.2) is 4.39 Å². The highest BCUT2D eigenvalue weighted by Gasteiger charge is 2.35. The van der Waals surface area contributed by atoms with Gasteiger partial charge in [-0.05, 0) is 42.6 Å². The summed E-state index contributed by atoms with van der Waals surface area (Å²) in [6, 6.07) is 6.62. The summed E-state index contributed by atoms with van der Waals surface area (Å²) in [6.07, 6.45) is 4.06. The third-order valence-corrected chi connectivity index (χ3v) is 4.82. The second-order valence-corrected chi connectivity index (χ2v) is 6.55. The normalized spacial score (nSPS) is 23.7. The maximum Gasteiger partial charge on any atom is 0.123 e. The van der Waals surface area contributed by atoms with Crippen molar-refractivity contribution in [2.45, 2.75) is 13.1 Å². The van der Waals surface area contributed by atoms with Crippen LogP contribution < -0.4 is 5.32 Å². The molecule has 2 fully saturated rings. The minimum Gasteiger partial charge on any atom is -0.316 e. The summed E-state index contributed by atoms with van der Waals surface area (Å²) in [5.41, 5.74) is 2.33.